The highest BCUT2D eigenvalue weighted by atomic mass is 16.4. The fraction of sp³-hybridized carbons (Fsp3) is 0.500. The molecular weight excluding hydrogens is 170 g/mol. The Morgan fingerprint density at radius 3 is 3.00 bits per heavy atom. The first-order chi connectivity index (χ1) is 6.09. The maximum atomic E-state index is 10.3. The van der Waals surface area contributed by atoms with Crippen molar-refractivity contribution in [1.29, 1.82) is 0 Å². The standard InChI is InChI=1S/C8H13N3O2/c1-5(2-3-8(12)13)6-4-7(9)11-10-6/h4-5H,2-3H2,1H3,(H,12,13)(H3,9,10,11). The molecule has 1 heterocycles. The number of nitrogens with one attached hydrogen (secondary N) is 1. The molecule has 0 fully saturated rings. The summed E-state index contributed by atoms with van der Waals surface area (Å²) in [7, 11) is 0. The van der Waals surface area contributed by atoms with Crippen molar-refractivity contribution >= 4 is 11.8 Å². The predicted octanol–water partition coefficient (Wildman–Crippen LogP) is 0.960. The lowest BCUT2D eigenvalue weighted by Gasteiger charge is -2.05. The van der Waals surface area contributed by atoms with Gasteiger partial charge in [-0.25, -0.2) is 0 Å². The zero-order valence-electron chi connectivity index (χ0n) is 7.45. The van der Waals surface area contributed by atoms with Gasteiger partial charge in [0.2, 0.25) is 0 Å². The molecule has 1 aromatic rings. The van der Waals surface area contributed by atoms with Crippen molar-refractivity contribution in [2.24, 2.45) is 0 Å². The van der Waals surface area contributed by atoms with Gasteiger partial charge in [0.05, 0.1) is 0 Å². The van der Waals surface area contributed by atoms with Gasteiger partial charge in [-0.2, -0.15) is 5.10 Å². The van der Waals surface area contributed by atoms with Gasteiger partial charge in [0.25, 0.3) is 0 Å². The SMILES string of the molecule is CC(CCC(=O)O)c1cc(N)n[nH]1. The number of aromatic nitrogens is 2. The lowest BCUT2D eigenvalue weighted by Crippen LogP contribution is -2.00. The second kappa shape index (κ2) is 3.93. The average Bonchev–Trinajstić information content (AvgIpc) is 2.47. The minimum Gasteiger partial charge on any atom is -0.481 e. The zero-order valence-corrected chi connectivity index (χ0v) is 7.45. The van der Waals surface area contributed by atoms with Crippen LogP contribution < -0.4 is 5.73 Å². The van der Waals surface area contributed by atoms with Crippen LogP contribution in [0.5, 0.6) is 0 Å². The largest absolute Gasteiger partial charge is 0.481 e. The van der Waals surface area contributed by atoms with E-state index in [0.29, 0.717) is 12.2 Å². The number of rotatable bonds is 4. The Morgan fingerprint density at radius 1 is 1.85 bits per heavy atom. The number of carboxylic acids is 1. The summed E-state index contributed by atoms with van der Waals surface area (Å²) in [5.41, 5.74) is 6.30. The number of carboxylic acid groups (broad SMARTS) is 1. The van der Waals surface area contributed by atoms with Crippen molar-refractivity contribution in [2.45, 2.75) is 25.7 Å². The smallest absolute Gasteiger partial charge is 0.303 e. The van der Waals surface area contributed by atoms with Gasteiger partial charge in [-0.05, 0) is 12.3 Å². The number of carbonyl (C=O) groups is 1. The maximum absolute atomic E-state index is 10.3. The van der Waals surface area contributed by atoms with E-state index in [9.17, 15) is 4.79 Å². The van der Waals surface area contributed by atoms with Gasteiger partial charge >= 0.3 is 5.97 Å². The number of nitrogen functional groups attached to an aromatic ring is 1. The second-order valence-corrected chi connectivity index (χ2v) is 3.08. The molecule has 1 unspecified atom stereocenters. The Kier molecular flexibility index (Phi) is 2.89. The molecule has 0 bridgehead atoms. The summed E-state index contributed by atoms with van der Waals surface area (Å²) >= 11 is 0. The quantitative estimate of drug-likeness (QED) is 0.648. The number of nitrogens with zero attached hydrogens (tertiary/aromatic N) is 1. The third-order valence-electron chi connectivity index (χ3n) is 1.94. The van der Waals surface area contributed by atoms with Gasteiger partial charge in [0.1, 0.15) is 5.82 Å². The topological polar surface area (TPSA) is 92.0 Å². The van der Waals surface area contributed by atoms with Crippen LogP contribution in [0.25, 0.3) is 0 Å². The molecule has 0 aromatic carbocycles. The first-order valence-electron chi connectivity index (χ1n) is 4.12. The number of anilines is 1. The normalized spacial score (nSPS) is 12.7. The van der Waals surface area contributed by atoms with E-state index < -0.39 is 5.97 Å². The van der Waals surface area contributed by atoms with Crippen molar-refractivity contribution < 1.29 is 9.90 Å². The van der Waals surface area contributed by atoms with E-state index in [0.717, 1.165) is 5.69 Å². The average molecular weight is 183 g/mol. The number of aromatic amines is 1. The van der Waals surface area contributed by atoms with Crippen molar-refractivity contribution in [3.8, 4) is 0 Å². The first kappa shape index (κ1) is 9.57. The molecule has 72 valence electrons. The highest BCUT2D eigenvalue weighted by Gasteiger charge is 2.09. The molecule has 1 aromatic heterocycles. The van der Waals surface area contributed by atoms with E-state index in [4.69, 9.17) is 10.8 Å². The zero-order chi connectivity index (χ0) is 9.84. The number of hydrogen-bond acceptors (Lipinski definition) is 3. The second-order valence-electron chi connectivity index (χ2n) is 3.08. The van der Waals surface area contributed by atoms with Crippen molar-refractivity contribution in [1.82, 2.24) is 10.2 Å². The molecule has 0 aliphatic carbocycles. The molecule has 0 radical (unpaired) electrons. The van der Waals surface area contributed by atoms with Crippen LogP contribution in [-0.4, -0.2) is 21.3 Å². The van der Waals surface area contributed by atoms with E-state index in [2.05, 4.69) is 10.2 Å². The Balaban J connectivity index is 2.48. The molecular formula is C8H13N3O2. The summed E-state index contributed by atoms with van der Waals surface area (Å²) in [5.74, 6) is -0.183. The third kappa shape index (κ3) is 2.77. The Bertz CT molecular complexity index is 295. The molecule has 1 rings (SSSR count). The van der Waals surface area contributed by atoms with Gasteiger partial charge in [-0.1, -0.05) is 6.92 Å². The van der Waals surface area contributed by atoms with Crippen molar-refractivity contribution in [2.75, 3.05) is 5.73 Å². The van der Waals surface area contributed by atoms with Crippen LogP contribution in [0.4, 0.5) is 5.82 Å². The van der Waals surface area contributed by atoms with E-state index in [1.165, 1.54) is 0 Å². The molecule has 0 aliphatic heterocycles. The van der Waals surface area contributed by atoms with Gasteiger partial charge in [0, 0.05) is 18.2 Å². The number of aliphatic carboxylic acids is 1. The van der Waals surface area contributed by atoms with Crippen LogP contribution >= 0.6 is 0 Å². The first-order valence-corrected chi connectivity index (χ1v) is 4.12. The summed E-state index contributed by atoms with van der Waals surface area (Å²) in [6, 6.07) is 1.73. The van der Waals surface area contributed by atoms with E-state index in [-0.39, 0.29) is 12.3 Å². The van der Waals surface area contributed by atoms with E-state index >= 15 is 0 Å². The lowest BCUT2D eigenvalue weighted by molar-refractivity contribution is -0.137. The highest BCUT2D eigenvalue weighted by molar-refractivity contribution is 5.66. The summed E-state index contributed by atoms with van der Waals surface area (Å²) in [6.45, 7) is 1.94. The monoisotopic (exact) mass is 183 g/mol. The van der Waals surface area contributed by atoms with Gasteiger partial charge in [0.15, 0.2) is 0 Å². The molecule has 4 N–H and O–H groups in total. The minimum atomic E-state index is -0.778. The van der Waals surface area contributed by atoms with Crippen LogP contribution in [0, 0.1) is 0 Å². The van der Waals surface area contributed by atoms with Crippen LogP contribution in [0.1, 0.15) is 31.4 Å². The number of hydrogen-bond donors (Lipinski definition) is 3. The van der Waals surface area contributed by atoms with Gasteiger partial charge in [-0.3, -0.25) is 9.89 Å². The number of H-pyrrole nitrogens is 1. The molecule has 5 heteroatoms. The summed E-state index contributed by atoms with van der Waals surface area (Å²) in [4.78, 5) is 10.3. The highest BCUT2D eigenvalue weighted by Crippen LogP contribution is 2.19. The fourth-order valence-corrected chi connectivity index (χ4v) is 1.10. The van der Waals surface area contributed by atoms with Crippen molar-refractivity contribution in [3.63, 3.8) is 0 Å². The van der Waals surface area contributed by atoms with Crippen molar-refractivity contribution in [3.05, 3.63) is 11.8 Å². The molecule has 0 saturated carbocycles. The third-order valence-corrected chi connectivity index (χ3v) is 1.94. The number of nitrogens with two attached hydrogens (primary N) is 1. The van der Waals surface area contributed by atoms with Gasteiger partial charge < -0.3 is 10.8 Å². The molecule has 13 heavy (non-hydrogen) atoms. The lowest BCUT2D eigenvalue weighted by atomic mass is 10.0. The van der Waals surface area contributed by atoms with Crippen LogP contribution in [0.2, 0.25) is 0 Å². The molecule has 0 spiro atoms. The molecule has 0 saturated heterocycles. The van der Waals surface area contributed by atoms with Crippen LogP contribution in [0.3, 0.4) is 0 Å². The Labute approximate surface area is 75.9 Å². The molecule has 1 atom stereocenters. The maximum Gasteiger partial charge on any atom is 0.303 e. The van der Waals surface area contributed by atoms with Crippen LogP contribution in [-0.2, 0) is 4.79 Å². The minimum absolute atomic E-state index is 0.154. The van der Waals surface area contributed by atoms with Gasteiger partial charge in [-0.15, -0.1) is 0 Å². The molecule has 5 nitrogen and oxygen atoms in total. The Morgan fingerprint density at radius 2 is 2.54 bits per heavy atom. The summed E-state index contributed by atoms with van der Waals surface area (Å²) in [6.07, 6.45) is 0.761. The summed E-state index contributed by atoms with van der Waals surface area (Å²) in [5, 5.41) is 15.0. The fourth-order valence-electron chi connectivity index (χ4n) is 1.10. The summed E-state index contributed by atoms with van der Waals surface area (Å²) < 4.78 is 0. The molecule has 0 amide bonds. The van der Waals surface area contributed by atoms with E-state index in [1.54, 1.807) is 6.07 Å². The Hall–Kier alpha value is -1.52. The molecule has 0 aliphatic rings. The predicted molar refractivity (Wildman–Crippen MR) is 48.3 cm³/mol. The van der Waals surface area contributed by atoms with E-state index in [1.807, 2.05) is 6.92 Å². The van der Waals surface area contributed by atoms with Crippen LogP contribution in [0.15, 0.2) is 6.07 Å².